The Kier molecular flexibility index (Phi) is 3.11. The van der Waals surface area contributed by atoms with Crippen LogP contribution >= 0.6 is 0 Å². The molecule has 0 radical (unpaired) electrons. The van der Waals surface area contributed by atoms with Crippen LogP contribution in [0.3, 0.4) is 0 Å². The summed E-state index contributed by atoms with van der Waals surface area (Å²) in [7, 11) is 0. The molecule has 4 aliphatic carbocycles. The van der Waals surface area contributed by atoms with E-state index in [9.17, 15) is 22.8 Å². The lowest BCUT2D eigenvalue weighted by Gasteiger charge is -2.52. The van der Waals surface area contributed by atoms with Crippen LogP contribution in [-0.2, 0) is 9.59 Å². The maximum atomic E-state index is 14.2. The minimum absolute atomic E-state index is 0.0671. The number of hydrogen-bond donors (Lipinski definition) is 0. The number of halogens is 3. The summed E-state index contributed by atoms with van der Waals surface area (Å²) in [6.45, 7) is 1.86. The van der Waals surface area contributed by atoms with Crippen molar-refractivity contribution in [3.63, 3.8) is 0 Å². The smallest absolute Gasteiger partial charge is 0.298 e. The highest BCUT2D eigenvalue weighted by Gasteiger charge is 2.64. The molecule has 4 rings (SSSR count). The van der Waals surface area contributed by atoms with Crippen LogP contribution in [0.2, 0.25) is 0 Å². The van der Waals surface area contributed by atoms with Crippen molar-refractivity contribution in [3.05, 3.63) is 34.9 Å². The van der Waals surface area contributed by atoms with Crippen molar-refractivity contribution in [1.29, 1.82) is 0 Å². The number of carbonyl (C=O) groups is 2. The van der Waals surface area contributed by atoms with Crippen LogP contribution in [0.25, 0.3) is 0 Å². The molecule has 0 amide bonds. The standard InChI is InChI=1S/C19H19F3O2/c1-17-8-7-15-13(14(17)4-5-16(17)24)3-2-11-10-12(23)6-9-18(11,15)19(20,21)22/h4,7,10,13H,2-3,5-6,8-9H2,1H3/t13-,17-,18+/m0/s1. The lowest BCUT2D eigenvalue weighted by atomic mass is 9.52. The average Bonchev–Trinajstić information content (AvgIpc) is 2.81. The van der Waals surface area contributed by atoms with Gasteiger partial charge in [0.25, 0.3) is 0 Å². The van der Waals surface area contributed by atoms with Gasteiger partial charge in [-0.05, 0) is 49.8 Å². The van der Waals surface area contributed by atoms with E-state index in [0.717, 1.165) is 5.57 Å². The lowest BCUT2D eigenvalue weighted by molar-refractivity contribution is -0.205. The molecular formula is C19H19F3O2. The topological polar surface area (TPSA) is 34.1 Å². The van der Waals surface area contributed by atoms with E-state index in [1.54, 1.807) is 6.08 Å². The van der Waals surface area contributed by atoms with Crippen molar-refractivity contribution in [2.24, 2.45) is 16.7 Å². The zero-order valence-electron chi connectivity index (χ0n) is 13.5. The predicted octanol–water partition coefficient (Wildman–Crippen LogP) is 4.47. The normalized spacial score (nSPS) is 38.7. The van der Waals surface area contributed by atoms with Gasteiger partial charge in [0, 0.05) is 18.8 Å². The van der Waals surface area contributed by atoms with E-state index in [1.165, 1.54) is 6.08 Å². The van der Waals surface area contributed by atoms with Crippen molar-refractivity contribution in [2.45, 2.75) is 51.6 Å². The zero-order valence-corrected chi connectivity index (χ0v) is 13.5. The Morgan fingerprint density at radius 2 is 1.88 bits per heavy atom. The van der Waals surface area contributed by atoms with Gasteiger partial charge >= 0.3 is 6.18 Å². The summed E-state index contributed by atoms with van der Waals surface area (Å²) >= 11 is 0. The van der Waals surface area contributed by atoms with Gasteiger partial charge in [-0.15, -0.1) is 0 Å². The van der Waals surface area contributed by atoms with Crippen LogP contribution in [0.5, 0.6) is 0 Å². The van der Waals surface area contributed by atoms with Crippen LogP contribution in [0.4, 0.5) is 13.2 Å². The molecule has 1 saturated carbocycles. The first-order chi connectivity index (χ1) is 11.2. The van der Waals surface area contributed by atoms with Crippen LogP contribution < -0.4 is 0 Å². The quantitative estimate of drug-likeness (QED) is 0.612. The third-order valence-corrected chi connectivity index (χ3v) is 6.55. The second-order valence-electron chi connectivity index (χ2n) is 7.61. The molecule has 0 aromatic carbocycles. The number of alkyl halides is 3. The Balaban J connectivity index is 1.90. The van der Waals surface area contributed by atoms with Crippen LogP contribution in [0.1, 0.15) is 45.4 Å². The Morgan fingerprint density at radius 3 is 2.58 bits per heavy atom. The van der Waals surface area contributed by atoms with E-state index in [0.29, 0.717) is 24.8 Å². The van der Waals surface area contributed by atoms with Gasteiger partial charge in [-0.3, -0.25) is 9.59 Å². The van der Waals surface area contributed by atoms with Gasteiger partial charge in [-0.2, -0.15) is 13.2 Å². The number of Topliss-reactive ketones (excluding diaryl/α,β-unsaturated/α-hetero) is 1. The largest absolute Gasteiger partial charge is 0.401 e. The molecule has 2 nitrogen and oxygen atoms in total. The number of ketones is 2. The van der Waals surface area contributed by atoms with E-state index < -0.39 is 17.0 Å². The predicted molar refractivity (Wildman–Crippen MR) is 82.1 cm³/mol. The molecule has 4 aliphatic rings. The molecule has 0 bridgehead atoms. The molecule has 0 spiro atoms. The summed E-state index contributed by atoms with van der Waals surface area (Å²) in [6.07, 6.45) is 1.56. The van der Waals surface area contributed by atoms with E-state index in [4.69, 9.17) is 0 Å². The summed E-state index contributed by atoms with van der Waals surface area (Å²) < 4.78 is 42.6. The molecule has 0 saturated heterocycles. The van der Waals surface area contributed by atoms with Gasteiger partial charge < -0.3 is 0 Å². The summed E-state index contributed by atoms with van der Waals surface area (Å²) in [4.78, 5) is 24.0. The van der Waals surface area contributed by atoms with Crippen LogP contribution in [0.15, 0.2) is 34.9 Å². The van der Waals surface area contributed by atoms with Gasteiger partial charge in [0.05, 0.1) is 5.41 Å². The summed E-state index contributed by atoms with van der Waals surface area (Å²) in [5.74, 6) is -0.420. The Labute approximate surface area is 138 Å². The Hall–Kier alpha value is -1.65. The molecule has 0 heterocycles. The fraction of sp³-hybridized carbons (Fsp3) is 0.579. The molecule has 0 aromatic rings. The van der Waals surface area contributed by atoms with Crippen LogP contribution in [-0.4, -0.2) is 17.7 Å². The summed E-state index contributed by atoms with van der Waals surface area (Å²) in [6, 6.07) is 0. The van der Waals surface area contributed by atoms with E-state index in [-0.39, 0.29) is 42.3 Å². The second kappa shape index (κ2) is 4.70. The number of allylic oxidation sites excluding steroid dienone is 6. The Bertz CT molecular complexity index is 740. The molecule has 3 atom stereocenters. The minimum Gasteiger partial charge on any atom is -0.298 e. The highest BCUT2D eigenvalue weighted by atomic mass is 19.4. The van der Waals surface area contributed by atoms with Gasteiger partial charge in [-0.1, -0.05) is 17.7 Å². The number of rotatable bonds is 0. The molecule has 0 N–H and O–H groups in total. The molecule has 0 unspecified atom stereocenters. The van der Waals surface area contributed by atoms with Gasteiger partial charge in [0.2, 0.25) is 0 Å². The summed E-state index contributed by atoms with van der Waals surface area (Å²) in [5, 5.41) is 0. The number of fused-ring (bicyclic) bond motifs is 5. The van der Waals surface area contributed by atoms with Crippen LogP contribution in [0, 0.1) is 16.7 Å². The SMILES string of the molecule is C[C@]12CC=C3[C@@H](CCC4=CC(=O)CC[C@@]43C(F)(F)F)C1=CCC2=O. The van der Waals surface area contributed by atoms with Gasteiger partial charge in [-0.25, -0.2) is 0 Å². The molecule has 1 fully saturated rings. The van der Waals surface area contributed by atoms with Crippen molar-refractivity contribution < 1.29 is 22.8 Å². The maximum absolute atomic E-state index is 14.2. The zero-order chi connectivity index (χ0) is 17.3. The first-order valence-corrected chi connectivity index (χ1v) is 8.45. The fourth-order valence-corrected chi connectivity index (χ4v) is 5.24. The van der Waals surface area contributed by atoms with E-state index >= 15 is 0 Å². The first-order valence-electron chi connectivity index (χ1n) is 8.45. The fourth-order valence-electron chi connectivity index (χ4n) is 5.24. The molecule has 5 heteroatoms. The monoisotopic (exact) mass is 336 g/mol. The van der Waals surface area contributed by atoms with Crippen molar-refractivity contribution in [1.82, 2.24) is 0 Å². The van der Waals surface area contributed by atoms with E-state index in [1.807, 2.05) is 13.0 Å². The molecule has 24 heavy (non-hydrogen) atoms. The second-order valence-corrected chi connectivity index (χ2v) is 7.61. The highest BCUT2D eigenvalue weighted by molar-refractivity contribution is 5.94. The molecule has 128 valence electrons. The van der Waals surface area contributed by atoms with Crippen molar-refractivity contribution in [2.75, 3.05) is 0 Å². The first kappa shape index (κ1) is 15.9. The minimum atomic E-state index is -4.42. The third-order valence-electron chi connectivity index (χ3n) is 6.55. The molecule has 0 aliphatic heterocycles. The average molecular weight is 336 g/mol. The van der Waals surface area contributed by atoms with Gasteiger partial charge in [0.15, 0.2) is 5.78 Å². The summed E-state index contributed by atoms with van der Waals surface area (Å²) in [5.41, 5.74) is -1.14. The third kappa shape index (κ3) is 1.78. The van der Waals surface area contributed by atoms with Crippen molar-refractivity contribution in [3.8, 4) is 0 Å². The molecule has 0 aromatic heterocycles. The van der Waals surface area contributed by atoms with Crippen molar-refractivity contribution >= 4 is 11.6 Å². The van der Waals surface area contributed by atoms with E-state index in [2.05, 4.69) is 0 Å². The maximum Gasteiger partial charge on any atom is 0.401 e. The molecular weight excluding hydrogens is 317 g/mol. The lowest BCUT2D eigenvalue weighted by Crippen LogP contribution is -2.50. The number of hydrogen-bond acceptors (Lipinski definition) is 2. The number of carbonyl (C=O) groups excluding carboxylic acids is 2. The van der Waals surface area contributed by atoms with Gasteiger partial charge in [0.1, 0.15) is 11.2 Å². The Morgan fingerprint density at radius 1 is 1.12 bits per heavy atom. The highest BCUT2D eigenvalue weighted by Crippen LogP contribution is 2.65.